The highest BCUT2D eigenvalue weighted by Gasteiger charge is 2.43. The number of hydrogen-bond donors (Lipinski definition) is 1. The zero-order valence-electron chi connectivity index (χ0n) is 20.8. The van der Waals surface area contributed by atoms with Crippen LogP contribution in [0, 0.1) is 0 Å². The van der Waals surface area contributed by atoms with Gasteiger partial charge in [0.2, 0.25) is 11.6 Å². The minimum Gasteiger partial charge on any atom is -0.365 e. The standard InChI is InChI=1S/C14H31NO.C12H13N3O2/c1-3-4-5-6-7-8-9-10-11-12-13-16-14(2)15;16-9-7-8(13-1-2-13)12(17)11(15-5-6-15)10(9)14-3-4-14/h14H,3-13,15H2,1-2H3;7H,1-6H2. The molecule has 4 aliphatic rings. The van der Waals surface area contributed by atoms with Crippen LogP contribution in [0.15, 0.2) is 23.2 Å². The van der Waals surface area contributed by atoms with E-state index in [0.29, 0.717) is 17.1 Å². The first-order valence-corrected chi connectivity index (χ1v) is 13.2. The molecule has 7 heteroatoms. The molecule has 1 unspecified atom stereocenters. The second kappa shape index (κ2) is 13.1. The quantitative estimate of drug-likeness (QED) is 0.174. The number of Topliss-reactive ketones (excluding diaryl/α,β-unsaturated/α-hetero) is 1. The van der Waals surface area contributed by atoms with Crippen LogP contribution in [-0.2, 0) is 14.3 Å². The number of carbonyl (C=O) groups is 2. The normalized spacial score (nSPS) is 20.0. The molecule has 0 aromatic carbocycles. The van der Waals surface area contributed by atoms with Crippen LogP contribution in [0.25, 0.3) is 0 Å². The van der Waals surface area contributed by atoms with Gasteiger partial charge in [-0.1, -0.05) is 64.7 Å². The molecule has 0 spiro atoms. The number of allylic oxidation sites excluding steroid dienone is 1. The van der Waals surface area contributed by atoms with Crippen molar-refractivity contribution in [1.82, 2.24) is 14.7 Å². The summed E-state index contributed by atoms with van der Waals surface area (Å²) in [6, 6.07) is 0. The van der Waals surface area contributed by atoms with E-state index in [2.05, 4.69) is 6.92 Å². The fraction of sp³-hybridized carbons (Fsp3) is 0.769. The van der Waals surface area contributed by atoms with E-state index in [1.165, 1.54) is 63.9 Å². The van der Waals surface area contributed by atoms with Gasteiger partial charge in [-0.25, -0.2) is 0 Å². The summed E-state index contributed by atoms with van der Waals surface area (Å²) in [5.41, 5.74) is 7.38. The van der Waals surface area contributed by atoms with Crippen molar-refractivity contribution in [2.75, 3.05) is 45.9 Å². The predicted molar refractivity (Wildman–Crippen MR) is 131 cm³/mol. The lowest BCUT2D eigenvalue weighted by Gasteiger charge is -2.21. The van der Waals surface area contributed by atoms with Crippen molar-refractivity contribution >= 4 is 11.6 Å². The topological polar surface area (TPSA) is 78.4 Å². The zero-order valence-corrected chi connectivity index (χ0v) is 20.8. The number of nitrogens with two attached hydrogens (primary N) is 1. The Bertz CT molecular complexity index is 719. The third-order valence-electron chi connectivity index (χ3n) is 6.37. The third-order valence-corrected chi connectivity index (χ3v) is 6.37. The predicted octanol–water partition coefficient (Wildman–Crippen LogP) is 3.41. The van der Waals surface area contributed by atoms with Crippen molar-refractivity contribution in [2.45, 2.75) is 84.3 Å². The molecule has 0 aromatic heterocycles. The molecule has 0 aromatic rings. The summed E-state index contributed by atoms with van der Waals surface area (Å²) in [4.78, 5) is 30.5. The van der Waals surface area contributed by atoms with Gasteiger partial charge in [-0.05, 0) is 13.3 Å². The summed E-state index contributed by atoms with van der Waals surface area (Å²) < 4.78 is 5.29. The lowest BCUT2D eigenvalue weighted by molar-refractivity contribution is -0.117. The summed E-state index contributed by atoms with van der Waals surface area (Å²) in [5, 5.41) is 0. The maximum absolute atomic E-state index is 12.4. The van der Waals surface area contributed by atoms with Crippen molar-refractivity contribution in [3.63, 3.8) is 0 Å². The Labute approximate surface area is 200 Å². The fourth-order valence-electron chi connectivity index (χ4n) is 4.13. The highest BCUT2D eigenvalue weighted by molar-refractivity contribution is 6.22. The Kier molecular flexibility index (Phi) is 10.3. The smallest absolute Gasteiger partial charge is 0.227 e. The molecule has 186 valence electrons. The summed E-state index contributed by atoms with van der Waals surface area (Å²) in [6.07, 6.45) is 15.1. The number of ether oxygens (including phenoxy) is 1. The molecule has 0 radical (unpaired) electrons. The minimum atomic E-state index is -0.0986. The second-order valence-electron chi connectivity index (χ2n) is 9.64. The highest BCUT2D eigenvalue weighted by atomic mass is 16.5. The van der Waals surface area contributed by atoms with Crippen LogP contribution < -0.4 is 5.73 Å². The van der Waals surface area contributed by atoms with Crippen LogP contribution in [-0.4, -0.2) is 78.4 Å². The number of hydrogen-bond acceptors (Lipinski definition) is 7. The Hall–Kier alpha value is -1.86. The van der Waals surface area contributed by atoms with Gasteiger partial charge in [-0.3, -0.25) is 9.59 Å². The van der Waals surface area contributed by atoms with Crippen LogP contribution in [0.1, 0.15) is 78.1 Å². The van der Waals surface area contributed by atoms with Gasteiger partial charge >= 0.3 is 0 Å². The SMILES string of the molecule is CCCCCCCCCCCCOC(C)N.O=C1C=C(N2CC2)C(=O)C(N2CC2)=C1N1CC1. The molecule has 3 fully saturated rings. The molecule has 3 saturated heterocycles. The van der Waals surface area contributed by atoms with Crippen LogP contribution in [0.5, 0.6) is 0 Å². The van der Waals surface area contributed by atoms with E-state index in [1.54, 1.807) is 0 Å². The van der Waals surface area contributed by atoms with Gasteiger partial charge in [0, 0.05) is 52.0 Å². The molecule has 0 amide bonds. The van der Waals surface area contributed by atoms with E-state index in [9.17, 15) is 9.59 Å². The minimum absolute atomic E-state index is 0.00546. The van der Waals surface area contributed by atoms with E-state index in [0.717, 1.165) is 52.3 Å². The molecule has 7 nitrogen and oxygen atoms in total. The molecule has 1 atom stereocenters. The van der Waals surface area contributed by atoms with Gasteiger partial charge in [-0.15, -0.1) is 0 Å². The molecule has 4 rings (SSSR count). The average molecular weight is 461 g/mol. The van der Waals surface area contributed by atoms with E-state index in [1.807, 2.05) is 21.6 Å². The first kappa shape index (κ1) is 25.8. The number of unbranched alkanes of at least 4 members (excludes halogenated alkanes) is 9. The molecular formula is C26H44N4O3. The molecule has 1 aliphatic carbocycles. The first-order chi connectivity index (χ1) is 16.0. The lowest BCUT2D eigenvalue weighted by Crippen LogP contribution is -2.29. The first-order valence-electron chi connectivity index (χ1n) is 13.2. The number of carbonyl (C=O) groups excluding carboxylic acids is 2. The van der Waals surface area contributed by atoms with Gasteiger partial charge in [0.1, 0.15) is 17.6 Å². The van der Waals surface area contributed by atoms with E-state index in [4.69, 9.17) is 10.5 Å². The highest BCUT2D eigenvalue weighted by Crippen LogP contribution is 2.33. The van der Waals surface area contributed by atoms with E-state index in [-0.39, 0.29) is 17.8 Å². The van der Waals surface area contributed by atoms with Crippen LogP contribution in [0.4, 0.5) is 0 Å². The van der Waals surface area contributed by atoms with E-state index >= 15 is 0 Å². The fourth-order valence-corrected chi connectivity index (χ4v) is 4.13. The van der Waals surface area contributed by atoms with Gasteiger partial charge in [0.15, 0.2) is 0 Å². The van der Waals surface area contributed by atoms with Gasteiger partial charge < -0.3 is 25.2 Å². The van der Waals surface area contributed by atoms with Crippen molar-refractivity contribution in [2.24, 2.45) is 5.73 Å². The Morgan fingerprint density at radius 2 is 1.27 bits per heavy atom. The molecule has 3 heterocycles. The monoisotopic (exact) mass is 460 g/mol. The molecule has 2 N–H and O–H groups in total. The molecule has 33 heavy (non-hydrogen) atoms. The second-order valence-corrected chi connectivity index (χ2v) is 9.64. The summed E-state index contributed by atoms with van der Waals surface area (Å²) >= 11 is 0. The molecule has 3 aliphatic heterocycles. The number of ketones is 2. The summed E-state index contributed by atoms with van der Waals surface area (Å²) in [6.45, 7) is 10.4. The summed E-state index contributed by atoms with van der Waals surface area (Å²) in [7, 11) is 0. The zero-order chi connectivity index (χ0) is 23.6. The number of nitrogens with zero attached hydrogens (tertiary/aromatic N) is 3. The lowest BCUT2D eigenvalue weighted by atomic mass is 10.0. The number of rotatable bonds is 15. The Balaban J connectivity index is 0.000000187. The van der Waals surface area contributed by atoms with Crippen molar-refractivity contribution in [3.05, 3.63) is 23.2 Å². The molecule has 0 bridgehead atoms. The molecule has 0 saturated carbocycles. The largest absolute Gasteiger partial charge is 0.365 e. The van der Waals surface area contributed by atoms with Crippen LogP contribution in [0.2, 0.25) is 0 Å². The van der Waals surface area contributed by atoms with Crippen molar-refractivity contribution in [1.29, 1.82) is 0 Å². The third kappa shape index (κ3) is 8.78. The van der Waals surface area contributed by atoms with Crippen molar-refractivity contribution < 1.29 is 14.3 Å². The Morgan fingerprint density at radius 1 is 0.788 bits per heavy atom. The average Bonchev–Trinajstić information content (AvgIpc) is 3.64. The Morgan fingerprint density at radius 3 is 1.76 bits per heavy atom. The maximum atomic E-state index is 12.4. The van der Waals surface area contributed by atoms with Gasteiger partial charge in [-0.2, -0.15) is 0 Å². The van der Waals surface area contributed by atoms with Crippen LogP contribution in [0.3, 0.4) is 0 Å². The molecular weight excluding hydrogens is 416 g/mol. The van der Waals surface area contributed by atoms with Crippen molar-refractivity contribution in [3.8, 4) is 0 Å². The maximum Gasteiger partial charge on any atom is 0.227 e. The van der Waals surface area contributed by atoms with Crippen LogP contribution >= 0.6 is 0 Å². The van der Waals surface area contributed by atoms with Gasteiger partial charge in [0.05, 0.1) is 5.70 Å². The van der Waals surface area contributed by atoms with E-state index < -0.39 is 0 Å². The van der Waals surface area contributed by atoms with Gasteiger partial charge in [0.25, 0.3) is 0 Å². The summed E-state index contributed by atoms with van der Waals surface area (Å²) in [5.74, 6) is 0.0485.